The molecule has 23 heavy (non-hydrogen) atoms. The first-order valence-electron chi connectivity index (χ1n) is 6.43. The highest BCUT2D eigenvalue weighted by Crippen LogP contribution is 2.41. The molecule has 1 aliphatic carbocycles. The molecule has 1 aliphatic rings. The van der Waals surface area contributed by atoms with Gasteiger partial charge in [-0.1, -0.05) is 0 Å². The molecule has 0 bridgehead atoms. The summed E-state index contributed by atoms with van der Waals surface area (Å²) in [4.78, 5) is -0.956. The summed E-state index contributed by atoms with van der Waals surface area (Å²) in [6.07, 6.45) is 0.355. The number of H-pyrrole nitrogens is 1. The Morgan fingerprint density at radius 1 is 1.26 bits per heavy atom. The zero-order valence-electron chi connectivity index (χ0n) is 11.3. The summed E-state index contributed by atoms with van der Waals surface area (Å²) in [5.74, 6) is -2.76. The van der Waals surface area contributed by atoms with Gasteiger partial charge in [-0.15, -0.1) is 0 Å². The Kier molecular flexibility index (Phi) is 3.33. The molecule has 5 nitrogen and oxygen atoms in total. The number of alkyl halides is 5. The lowest BCUT2D eigenvalue weighted by atomic mass is 9.88. The summed E-state index contributed by atoms with van der Waals surface area (Å²) in [6.45, 7) is 0. The van der Waals surface area contributed by atoms with Crippen molar-refractivity contribution in [1.82, 2.24) is 10.2 Å². The first-order chi connectivity index (χ1) is 10.5. The Morgan fingerprint density at radius 2 is 1.91 bits per heavy atom. The van der Waals surface area contributed by atoms with Crippen molar-refractivity contribution in [1.29, 1.82) is 0 Å². The van der Waals surface area contributed by atoms with E-state index in [0.29, 0.717) is 0 Å². The smallest absolute Gasteiger partial charge is 0.381 e. The van der Waals surface area contributed by atoms with E-state index in [1.165, 1.54) is 0 Å². The van der Waals surface area contributed by atoms with Crippen LogP contribution in [0.2, 0.25) is 0 Å². The molecule has 0 saturated heterocycles. The maximum absolute atomic E-state index is 12.8. The summed E-state index contributed by atoms with van der Waals surface area (Å²) in [5, 5.41) is 8.62. The number of aromatic amines is 1. The largest absolute Gasteiger partial charge is 0.501 e. The highest BCUT2D eigenvalue weighted by molar-refractivity contribution is 7.92. The molecule has 0 atom stereocenters. The number of rotatable bonds is 3. The quantitative estimate of drug-likeness (QED) is 0.830. The van der Waals surface area contributed by atoms with Crippen molar-refractivity contribution in [3.05, 3.63) is 18.3 Å². The summed E-state index contributed by atoms with van der Waals surface area (Å²) in [5.41, 5.74) is -5.52. The molecule has 3 rings (SSSR count). The predicted molar refractivity (Wildman–Crippen MR) is 70.9 cm³/mol. The number of hydrogen-bond acceptors (Lipinski definition) is 4. The lowest BCUT2D eigenvalue weighted by Crippen LogP contribution is -2.44. The van der Waals surface area contributed by atoms with Gasteiger partial charge in [0.1, 0.15) is 4.90 Å². The third-order valence-corrected chi connectivity index (χ3v) is 5.15. The molecule has 0 radical (unpaired) electrons. The minimum atomic E-state index is -5.55. The van der Waals surface area contributed by atoms with Crippen molar-refractivity contribution in [3.63, 3.8) is 0 Å². The van der Waals surface area contributed by atoms with Gasteiger partial charge in [-0.3, -0.25) is 5.10 Å². The van der Waals surface area contributed by atoms with E-state index in [4.69, 9.17) is 0 Å². The maximum Gasteiger partial charge on any atom is 0.501 e. The molecule has 1 aromatic carbocycles. The Hall–Kier alpha value is -1.91. The Morgan fingerprint density at radius 3 is 2.48 bits per heavy atom. The molecule has 1 aromatic heterocycles. The van der Waals surface area contributed by atoms with Gasteiger partial charge in [-0.2, -0.15) is 18.3 Å². The van der Waals surface area contributed by atoms with E-state index in [9.17, 15) is 30.4 Å². The number of fused-ring (bicyclic) bond motifs is 1. The topological polar surface area (TPSA) is 74.8 Å². The number of hydrogen-bond donors (Lipinski definition) is 2. The number of benzene rings is 1. The molecule has 0 spiro atoms. The molecule has 1 saturated carbocycles. The minimum absolute atomic E-state index is 0.0885. The standard InChI is InChI=1S/C12H10F5N3O2S/c13-11(14)3-6(4-11)19-8-1-2-9(10-7(8)5-18-20-10)23(21,22)12(15,16)17/h1-2,5-6,19H,3-4H2,(H,18,20). The summed E-state index contributed by atoms with van der Waals surface area (Å²) < 4.78 is 86.9. The lowest BCUT2D eigenvalue weighted by Gasteiger charge is -2.36. The average Bonchev–Trinajstić information content (AvgIpc) is 2.84. The van der Waals surface area contributed by atoms with Crippen molar-refractivity contribution < 1.29 is 30.4 Å². The second-order valence-corrected chi connectivity index (χ2v) is 7.23. The fraction of sp³-hybridized carbons (Fsp3) is 0.417. The number of sulfone groups is 1. The van der Waals surface area contributed by atoms with E-state index in [-0.39, 0.29) is 16.6 Å². The Labute approximate surface area is 126 Å². The van der Waals surface area contributed by atoms with Crippen molar-refractivity contribution in [2.45, 2.75) is 35.2 Å². The fourth-order valence-electron chi connectivity index (χ4n) is 2.47. The number of aromatic nitrogens is 2. The fourth-order valence-corrected chi connectivity index (χ4v) is 3.39. The second kappa shape index (κ2) is 4.79. The van der Waals surface area contributed by atoms with Gasteiger partial charge >= 0.3 is 5.51 Å². The molecule has 0 amide bonds. The molecule has 11 heteroatoms. The Bertz CT molecular complexity index is 851. The van der Waals surface area contributed by atoms with Crippen molar-refractivity contribution in [3.8, 4) is 0 Å². The SMILES string of the molecule is O=S(=O)(c1ccc(NC2CC(F)(F)C2)c2cn[nH]c12)C(F)(F)F. The van der Waals surface area contributed by atoms with E-state index in [1.807, 2.05) is 0 Å². The molecule has 2 aromatic rings. The molecule has 0 unspecified atom stereocenters. The monoisotopic (exact) mass is 355 g/mol. The van der Waals surface area contributed by atoms with Crippen LogP contribution in [0.5, 0.6) is 0 Å². The van der Waals surface area contributed by atoms with E-state index >= 15 is 0 Å². The molecule has 1 heterocycles. The maximum atomic E-state index is 12.8. The molecule has 126 valence electrons. The van der Waals surface area contributed by atoms with Crippen molar-refractivity contribution in [2.24, 2.45) is 0 Å². The predicted octanol–water partition coefficient (Wildman–Crippen LogP) is 3.07. The number of anilines is 1. The molecular formula is C12H10F5N3O2S. The van der Waals surface area contributed by atoms with Crippen molar-refractivity contribution >= 4 is 26.4 Å². The minimum Gasteiger partial charge on any atom is -0.381 e. The van der Waals surface area contributed by atoms with Crippen LogP contribution in [0.15, 0.2) is 23.2 Å². The van der Waals surface area contributed by atoms with Crippen LogP contribution in [-0.2, 0) is 9.84 Å². The number of halogens is 5. The van der Waals surface area contributed by atoms with Crippen LogP contribution in [0.3, 0.4) is 0 Å². The van der Waals surface area contributed by atoms with Gasteiger partial charge in [0.05, 0.1) is 11.7 Å². The van der Waals surface area contributed by atoms with E-state index < -0.39 is 45.0 Å². The van der Waals surface area contributed by atoms with Gasteiger partial charge in [0.25, 0.3) is 15.8 Å². The molecule has 2 N–H and O–H groups in total. The van der Waals surface area contributed by atoms with Gasteiger partial charge in [-0.25, -0.2) is 17.2 Å². The van der Waals surface area contributed by atoms with Crippen LogP contribution in [0.1, 0.15) is 12.8 Å². The van der Waals surface area contributed by atoms with E-state index in [1.54, 1.807) is 0 Å². The van der Waals surface area contributed by atoms with Gasteiger partial charge in [0.2, 0.25) is 0 Å². The third kappa shape index (κ3) is 2.62. The summed E-state index contributed by atoms with van der Waals surface area (Å²) >= 11 is 0. The van der Waals surface area contributed by atoms with Gasteiger partial charge in [-0.05, 0) is 12.1 Å². The zero-order valence-corrected chi connectivity index (χ0v) is 12.1. The lowest BCUT2D eigenvalue weighted by molar-refractivity contribution is -0.0793. The highest BCUT2D eigenvalue weighted by Gasteiger charge is 2.48. The first kappa shape index (κ1) is 16.0. The van der Waals surface area contributed by atoms with Crippen LogP contribution in [0, 0.1) is 0 Å². The summed E-state index contributed by atoms with van der Waals surface area (Å²) in [6, 6.07) is 1.36. The molecular weight excluding hydrogens is 345 g/mol. The first-order valence-corrected chi connectivity index (χ1v) is 7.91. The van der Waals surface area contributed by atoms with Crippen LogP contribution in [0.4, 0.5) is 27.6 Å². The van der Waals surface area contributed by atoms with Gasteiger partial charge in [0, 0.05) is 30.0 Å². The van der Waals surface area contributed by atoms with Gasteiger partial charge < -0.3 is 5.32 Å². The normalized spacial score (nSPS) is 18.8. The van der Waals surface area contributed by atoms with Crippen LogP contribution < -0.4 is 5.32 Å². The third-order valence-electron chi connectivity index (χ3n) is 3.62. The number of nitrogens with one attached hydrogen (secondary N) is 2. The van der Waals surface area contributed by atoms with Crippen LogP contribution >= 0.6 is 0 Å². The summed E-state index contributed by atoms with van der Waals surface area (Å²) in [7, 11) is -5.55. The van der Waals surface area contributed by atoms with E-state index in [2.05, 4.69) is 15.5 Å². The zero-order chi connectivity index (χ0) is 17.0. The van der Waals surface area contributed by atoms with Crippen LogP contribution in [0.25, 0.3) is 10.9 Å². The van der Waals surface area contributed by atoms with Crippen LogP contribution in [-0.4, -0.2) is 36.1 Å². The number of nitrogens with zero attached hydrogens (tertiary/aromatic N) is 1. The van der Waals surface area contributed by atoms with E-state index in [0.717, 1.165) is 18.3 Å². The Balaban J connectivity index is 2.00. The van der Waals surface area contributed by atoms with Gasteiger partial charge in [0.15, 0.2) is 0 Å². The highest BCUT2D eigenvalue weighted by atomic mass is 32.2. The van der Waals surface area contributed by atoms with Crippen molar-refractivity contribution in [2.75, 3.05) is 5.32 Å². The molecule has 1 fully saturated rings. The average molecular weight is 355 g/mol. The molecule has 0 aliphatic heterocycles. The second-order valence-electron chi connectivity index (χ2n) is 5.32.